The molecule has 0 fully saturated rings. The summed E-state index contributed by atoms with van der Waals surface area (Å²) in [6.45, 7) is 3.64. The number of hydrogen-bond acceptors (Lipinski definition) is 3. The summed E-state index contributed by atoms with van der Waals surface area (Å²) in [5, 5.41) is 11.5. The first-order chi connectivity index (χ1) is 9.40. The standard InChI is InChI=1S/C14H15ClN2O2S/c1-8-7-20-14(17(8)3)16-12-5-4-10(6-11(12)15)9(2)13(18)19/h4-7,9H,1-3H3,(H,18,19)/b16-14-. The molecule has 1 aromatic heterocycles. The Labute approximate surface area is 126 Å². The zero-order chi connectivity index (χ0) is 14.9. The lowest BCUT2D eigenvalue weighted by Crippen LogP contribution is -2.11. The van der Waals surface area contributed by atoms with Gasteiger partial charge in [0.2, 0.25) is 0 Å². The van der Waals surface area contributed by atoms with Gasteiger partial charge in [-0.3, -0.25) is 4.79 Å². The SMILES string of the molecule is Cc1cs/c(=N\c2ccc(C(C)C(=O)O)cc2Cl)n1C. The summed E-state index contributed by atoms with van der Waals surface area (Å²) in [4.78, 5) is 16.3. The average molecular weight is 311 g/mol. The van der Waals surface area contributed by atoms with Gasteiger partial charge in [-0.1, -0.05) is 17.7 Å². The minimum absolute atomic E-state index is 0.460. The molecule has 2 rings (SSSR count). The highest BCUT2D eigenvalue weighted by atomic mass is 35.5. The van der Waals surface area contributed by atoms with Crippen LogP contribution < -0.4 is 4.80 Å². The number of aryl methyl sites for hydroxylation is 1. The Balaban J connectivity index is 2.43. The van der Waals surface area contributed by atoms with E-state index in [0.29, 0.717) is 16.3 Å². The molecular formula is C14H15ClN2O2S. The number of carbonyl (C=O) groups is 1. The average Bonchev–Trinajstić information content (AvgIpc) is 2.72. The Morgan fingerprint density at radius 3 is 2.70 bits per heavy atom. The maximum Gasteiger partial charge on any atom is 0.310 e. The van der Waals surface area contributed by atoms with Crippen molar-refractivity contribution in [2.75, 3.05) is 0 Å². The van der Waals surface area contributed by atoms with Gasteiger partial charge in [-0.15, -0.1) is 11.3 Å². The van der Waals surface area contributed by atoms with Crippen LogP contribution in [0.3, 0.4) is 0 Å². The first-order valence-corrected chi connectivity index (χ1v) is 7.34. The van der Waals surface area contributed by atoms with E-state index in [4.69, 9.17) is 16.7 Å². The second kappa shape index (κ2) is 5.81. The van der Waals surface area contributed by atoms with Gasteiger partial charge in [0.1, 0.15) is 0 Å². The number of aliphatic carboxylic acids is 1. The molecule has 0 amide bonds. The highest BCUT2D eigenvalue weighted by Gasteiger charge is 2.14. The zero-order valence-electron chi connectivity index (χ0n) is 11.4. The van der Waals surface area contributed by atoms with Crippen molar-refractivity contribution in [3.8, 4) is 0 Å². The van der Waals surface area contributed by atoms with E-state index in [1.54, 1.807) is 25.1 Å². The van der Waals surface area contributed by atoms with Gasteiger partial charge in [0.25, 0.3) is 0 Å². The van der Waals surface area contributed by atoms with Gasteiger partial charge in [0.05, 0.1) is 16.6 Å². The number of thiazole rings is 1. The third-order valence-corrected chi connectivity index (χ3v) is 4.55. The van der Waals surface area contributed by atoms with Crippen molar-refractivity contribution in [1.29, 1.82) is 0 Å². The van der Waals surface area contributed by atoms with E-state index in [9.17, 15) is 4.79 Å². The van der Waals surface area contributed by atoms with Gasteiger partial charge in [-0.25, -0.2) is 4.99 Å². The maximum absolute atomic E-state index is 11.0. The Kier molecular flexibility index (Phi) is 4.30. The Morgan fingerprint density at radius 1 is 1.50 bits per heavy atom. The molecule has 20 heavy (non-hydrogen) atoms. The van der Waals surface area contributed by atoms with Crippen molar-refractivity contribution >= 4 is 34.6 Å². The molecule has 1 aromatic carbocycles. The molecule has 0 saturated carbocycles. The van der Waals surface area contributed by atoms with E-state index in [0.717, 1.165) is 10.5 Å². The molecule has 0 spiro atoms. The molecule has 0 aliphatic heterocycles. The molecule has 0 radical (unpaired) electrons. The van der Waals surface area contributed by atoms with Crippen LogP contribution in [-0.4, -0.2) is 15.6 Å². The smallest absolute Gasteiger partial charge is 0.310 e. The third-order valence-electron chi connectivity index (χ3n) is 3.21. The van der Waals surface area contributed by atoms with E-state index in [1.165, 1.54) is 11.3 Å². The van der Waals surface area contributed by atoms with Crippen molar-refractivity contribution in [1.82, 2.24) is 4.57 Å². The molecular weight excluding hydrogens is 296 g/mol. The maximum atomic E-state index is 11.0. The van der Waals surface area contributed by atoms with Crippen LogP contribution in [0.1, 0.15) is 24.1 Å². The van der Waals surface area contributed by atoms with Gasteiger partial charge < -0.3 is 9.67 Å². The second-order valence-electron chi connectivity index (χ2n) is 4.60. The lowest BCUT2D eigenvalue weighted by molar-refractivity contribution is -0.138. The summed E-state index contributed by atoms with van der Waals surface area (Å²) in [7, 11) is 1.94. The van der Waals surface area contributed by atoms with E-state index in [-0.39, 0.29) is 0 Å². The quantitative estimate of drug-likeness (QED) is 0.943. The lowest BCUT2D eigenvalue weighted by atomic mass is 10.0. The molecule has 1 N–H and O–H groups in total. The summed E-state index contributed by atoms with van der Waals surface area (Å²) in [5.41, 5.74) is 2.44. The van der Waals surface area contributed by atoms with Crippen molar-refractivity contribution in [3.63, 3.8) is 0 Å². The molecule has 1 heterocycles. The van der Waals surface area contributed by atoms with Crippen molar-refractivity contribution in [3.05, 3.63) is 44.7 Å². The number of hydrogen-bond donors (Lipinski definition) is 1. The number of rotatable bonds is 3. The van der Waals surface area contributed by atoms with E-state index >= 15 is 0 Å². The topological polar surface area (TPSA) is 54.6 Å². The highest BCUT2D eigenvalue weighted by Crippen LogP contribution is 2.28. The summed E-state index contributed by atoms with van der Waals surface area (Å²) in [5.74, 6) is -1.45. The van der Waals surface area contributed by atoms with Gasteiger partial charge >= 0.3 is 5.97 Å². The predicted molar refractivity (Wildman–Crippen MR) is 80.8 cm³/mol. The number of nitrogens with zero attached hydrogens (tertiary/aromatic N) is 2. The van der Waals surface area contributed by atoms with Gasteiger partial charge in [0.15, 0.2) is 4.80 Å². The predicted octanol–water partition coefficient (Wildman–Crippen LogP) is 3.47. The molecule has 0 aliphatic rings. The summed E-state index contributed by atoms with van der Waals surface area (Å²) < 4.78 is 1.98. The molecule has 4 nitrogen and oxygen atoms in total. The van der Waals surface area contributed by atoms with E-state index in [2.05, 4.69) is 4.99 Å². The molecule has 6 heteroatoms. The van der Waals surface area contributed by atoms with Crippen molar-refractivity contribution in [2.24, 2.45) is 12.0 Å². The van der Waals surface area contributed by atoms with Gasteiger partial charge in [-0.05, 0) is 31.5 Å². The first-order valence-electron chi connectivity index (χ1n) is 6.08. The van der Waals surface area contributed by atoms with Crippen LogP contribution in [0, 0.1) is 6.92 Å². The lowest BCUT2D eigenvalue weighted by Gasteiger charge is -2.08. The Bertz CT molecular complexity index is 718. The number of aromatic nitrogens is 1. The molecule has 2 aromatic rings. The molecule has 1 atom stereocenters. The third kappa shape index (κ3) is 2.94. The number of benzene rings is 1. The fourth-order valence-corrected chi connectivity index (χ4v) is 2.80. The molecule has 0 saturated heterocycles. The molecule has 106 valence electrons. The Morgan fingerprint density at radius 2 is 2.20 bits per heavy atom. The highest BCUT2D eigenvalue weighted by molar-refractivity contribution is 7.07. The summed E-state index contributed by atoms with van der Waals surface area (Å²) in [6, 6.07) is 5.18. The fourth-order valence-electron chi connectivity index (χ4n) is 1.68. The fraction of sp³-hybridized carbons (Fsp3) is 0.286. The minimum Gasteiger partial charge on any atom is -0.481 e. The number of carboxylic acid groups (broad SMARTS) is 1. The van der Waals surface area contributed by atoms with Crippen LogP contribution in [0.25, 0.3) is 0 Å². The van der Waals surface area contributed by atoms with Crippen LogP contribution in [-0.2, 0) is 11.8 Å². The normalized spacial score (nSPS) is 13.5. The van der Waals surface area contributed by atoms with E-state index in [1.807, 2.05) is 23.9 Å². The van der Waals surface area contributed by atoms with E-state index < -0.39 is 11.9 Å². The number of carboxylic acids is 1. The summed E-state index contributed by atoms with van der Waals surface area (Å²) in [6.07, 6.45) is 0. The largest absolute Gasteiger partial charge is 0.481 e. The zero-order valence-corrected chi connectivity index (χ0v) is 13.0. The van der Waals surface area contributed by atoms with Crippen LogP contribution in [0.4, 0.5) is 5.69 Å². The monoisotopic (exact) mass is 310 g/mol. The summed E-state index contributed by atoms with van der Waals surface area (Å²) >= 11 is 7.73. The van der Waals surface area contributed by atoms with Crippen LogP contribution in [0.5, 0.6) is 0 Å². The van der Waals surface area contributed by atoms with Crippen molar-refractivity contribution in [2.45, 2.75) is 19.8 Å². The Hall–Kier alpha value is -1.59. The van der Waals surface area contributed by atoms with Gasteiger partial charge in [-0.2, -0.15) is 0 Å². The molecule has 0 aliphatic carbocycles. The number of halogens is 1. The minimum atomic E-state index is -0.869. The first kappa shape index (κ1) is 14.8. The van der Waals surface area contributed by atoms with Gasteiger partial charge in [0, 0.05) is 18.1 Å². The molecule has 0 bridgehead atoms. The van der Waals surface area contributed by atoms with Crippen molar-refractivity contribution < 1.29 is 9.90 Å². The van der Waals surface area contributed by atoms with Crippen LogP contribution in [0.15, 0.2) is 28.6 Å². The second-order valence-corrected chi connectivity index (χ2v) is 5.85. The van der Waals surface area contributed by atoms with Crippen LogP contribution in [0.2, 0.25) is 5.02 Å². The molecule has 1 unspecified atom stereocenters. The van der Waals surface area contributed by atoms with Crippen LogP contribution >= 0.6 is 22.9 Å².